The number of hydrogen-bond donors (Lipinski definition) is 1. The fourth-order valence-electron chi connectivity index (χ4n) is 2.46. The number of aromatic carboxylic acids is 1. The predicted octanol–water partition coefficient (Wildman–Crippen LogP) is 0.109. The molecule has 6 nitrogen and oxygen atoms in total. The molecule has 0 saturated carbocycles. The second-order valence-corrected chi connectivity index (χ2v) is 5.04. The molecule has 1 aliphatic rings. The number of aliphatic carboxylic acids is 1. The molecule has 1 aromatic heterocycles. The van der Waals surface area contributed by atoms with Gasteiger partial charge in [0.15, 0.2) is 5.76 Å². The summed E-state index contributed by atoms with van der Waals surface area (Å²) in [6, 6.07) is 0. The maximum Gasteiger partial charge on any atom is 0.203 e. The monoisotopic (exact) mass is 297 g/mol. The van der Waals surface area contributed by atoms with Gasteiger partial charge in [-0.1, -0.05) is 13.8 Å². The molecule has 0 fully saturated rings. The molecule has 108 valence electrons. The lowest BCUT2D eigenvalue weighted by Crippen LogP contribution is -2.38. The van der Waals surface area contributed by atoms with Crippen molar-refractivity contribution in [2.75, 3.05) is 5.32 Å². The van der Waals surface area contributed by atoms with Gasteiger partial charge in [0.2, 0.25) is 5.88 Å². The molecule has 1 unspecified atom stereocenters. The zero-order valence-electron chi connectivity index (χ0n) is 10.9. The quantitative estimate of drug-likeness (QED) is 0.791. The lowest BCUT2D eigenvalue weighted by atomic mass is 9.84. The van der Waals surface area contributed by atoms with Gasteiger partial charge in [-0.05, 0) is 12.8 Å². The van der Waals surface area contributed by atoms with Crippen molar-refractivity contribution in [2.24, 2.45) is 0 Å². The Kier molecular flexibility index (Phi) is 3.52. The molecular weight excluding hydrogens is 286 g/mol. The van der Waals surface area contributed by atoms with E-state index in [2.05, 4.69) is 5.32 Å². The summed E-state index contributed by atoms with van der Waals surface area (Å²) in [4.78, 5) is 20.9. The van der Waals surface area contributed by atoms with Crippen molar-refractivity contribution in [3.05, 3.63) is 28.7 Å². The van der Waals surface area contributed by atoms with E-state index in [4.69, 9.17) is 16.0 Å². The number of nitrogens with one attached hydrogen (secondary N) is 1. The van der Waals surface area contributed by atoms with Gasteiger partial charge in [0, 0.05) is 22.9 Å². The summed E-state index contributed by atoms with van der Waals surface area (Å²) in [6.07, 6.45) is 1.72. The van der Waals surface area contributed by atoms with Crippen molar-refractivity contribution in [1.29, 1.82) is 0 Å². The van der Waals surface area contributed by atoms with Crippen molar-refractivity contribution in [2.45, 2.75) is 31.6 Å². The minimum absolute atomic E-state index is 0.128. The highest BCUT2D eigenvalue weighted by molar-refractivity contribution is 6.29. The second kappa shape index (κ2) is 4.86. The summed E-state index contributed by atoms with van der Waals surface area (Å²) in [5.74, 6) is -3.10. The lowest BCUT2D eigenvalue weighted by Gasteiger charge is -2.33. The number of carboxylic acids is 2. The fraction of sp³-hybridized carbons (Fsp3) is 0.385. The standard InChI is InChI=1S/C13H14ClNO5/c1-3-6-8-10(20-9(6)12(18)19)15-5-7(11(16)17)13(8,14)4-2/h5,15H,3-4H2,1-2H3,(H,16,17)(H,18,19)/p-2. The molecule has 1 aromatic rings. The van der Waals surface area contributed by atoms with Crippen LogP contribution >= 0.6 is 11.6 Å². The summed E-state index contributed by atoms with van der Waals surface area (Å²) in [7, 11) is 0. The zero-order chi connectivity index (χ0) is 15.1. The molecule has 1 N–H and O–H groups in total. The molecule has 20 heavy (non-hydrogen) atoms. The highest BCUT2D eigenvalue weighted by Crippen LogP contribution is 2.49. The van der Waals surface area contributed by atoms with Crippen LogP contribution in [-0.2, 0) is 16.1 Å². The molecule has 2 heterocycles. The molecule has 2 rings (SSSR count). The Balaban J connectivity index is 2.72. The zero-order valence-corrected chi connectivity index (χ0v) is 11.7. The third-order valence-corrected chi connectivity index (χ3v) is 4.08. The van der Waals surface area contributed by atoms with E-state index in [9.17, 15) is 19.8 Å². The molecule has 1 aliphatic heterocycles. The van der Waals surface area contributed by atoms with Crippen molar-refractivity contribution in [3.8, 4) is 0 Å². The Hall–Kier alpha value is -1.95. The van der Waals surface area contributed by atoms with Crippen molar-refractivity contribution in [3.63, 3.8) is 0 Å². The molecule has 0 radical (unpaired) electrons. The van der Waals surface area contributed by atoms with Crippen LogP contribution in [0.1, 0.15) is 41.9 Å². The summed E-state index contributed by atoms with van der Waals surface area (Å²) < 4.78 is 5.20. The van der Waals surface area contributed by atoms with E-state index < -0.39 is 16.8 Å². The first-order chi connectivity index (χ1) is 9.36. The number of fused-ring (bicyclic) bond motifs is 1. The van der Waals surface area contributed by atoms with Crippen molar-refractivity contribution >= 4 is 29.4 Å². The number of carbonyl (C=O) groups is 2. The van der Waals surface area contributed by atoms with Crippen LogP contribution < -0.4 is 15.5 Å². The average Bonchev–Trinajstić information content (AvgIpc) is 2.78. The van der Waals surface area contributed by atoms with Crippen LogP contribution in [0, 0.1) is 0 Å². The lowest BCUT2D eigenvalue weighted by molar-refractivity contribution is -0.299. The van der Waals surface area contributed by atoms with E-state index in [1.165, 1.54) is 0 Å². The van der Waals surface area contributed by atoms with Crippen LogP contribution in [0.3, 0.4) is 0 Å². The topological polar surface area (TPSA) is 105 Å². The first-order valence-electron chi connectivity index (χ1n) is 6.11. The Bertz CT molecular complexity index is 619. The molecule has 0 amide bonds. The van der Waals surface area contributed by atoms with E-state index in [1.807, 2.05) is 0 Å². The number of alkyl halides is 1. The number of anilines is 1. The van der Waals surface area contributed by atoms with Gasteiger partial charge in [0.1, 0.15) is 10.8 Å². The average molecular weight is 298 g/mol. The number of carbonyl (C=O) groups excluding carboxylic acids is 2. The van der Waals surface area contributed by atoms with E-state index in [-0.39, 0.29) is 23.6 Å². The molecular formula is C13H12ClNO5-2. The van der Waals surface area contributed by atoms with Crippen LogP contribution in [0.4, 0.5) is 5.88 Å². The van der Waals surface area contributed by atoms with Crippen molar-refractivity contribution < 1.29 is 24.2 Å². The SMILES string of the molecule is CCc1c(C(=O)[O-])oc2c1C(Cl)(CC)C(C(=O)[O-])=CN2. The molecule has 7 heteroatoms. The van der Waals surface area contributed by atoms with Gasteiger partial charge >= 0.3 is 0 Å². The number of halogens is 1. The van der Waals surface area contributed by atoms with Crippen LogP contribution in [0.25, 0.3) is 0 Å². The first kappa shape index (κ1) is 14.5. The fourth-order valence-corrected chi connectivity index (χ4v) is 2.79. The maximum atomic E-state index is 11.2. The molecule has 0 aliphatic carbocycles. The number of furan rings is 1. The molecule has 0 bridgehead atoms. The van der Waals surface area contributed by atoms with Crippen LogP contribution in [0.15, 0.2) is 16.2 Å². The molecule has 0 spiro atoms. The van der Waals surface area contributed by atoms with Gasteiger partial charge in [-0.2, -0.15) is 0 Å². The summed E-state index contributed by atoms with van der Waals surface area (Å²) in [6.45, 7) is 3.42. The van der Waals surface area contributed by atoms with Gasteiger partial charge in [-0.15, -0.1) is 11.6 Å². The number of hydrogen-bond acceptors (Lipinski definition) is 6. The Morgan fingerprint density at radius 3 is 2.45 bits per heavy atom. The third kappa shape index (κ3) is 1.87. The minimum Gasteiger partial charge on any atom is -0.545 e. The van der Waals surface area contributed by atoms with Crippen LogP contribution in [-0.4, -0.2) is 11.9 Å². The Morgan fingerprint density at radius 2 is 2.00 bits per heavy atom. The van der Waals surface area contributed by atoms with Gasteiger partial charge in [-0.3, -0.25) is 0 Å². The van der Waals surface area contributed by atoms with Gasteiger partial charge in [0.05, 0.1) is 5.97 Å². The van der Waals surface area contributed by atoms with Gasteiger partial charge in [-0.25, -0.2) is 0 Å². The highest BCUT2D eigenvalue weighted by atomic mass is 35.5. The second-order valence-electron chi connectivity index (χ2n) is 4.40. The normalized spacial score (nSPS) is 20.9. The Labute approximate surface area is 120 Å². The van der Waals surface area contributed by atoms with E-state index in [1.54, 1.807) is 13.8 Å². The van der Waals surface area contributed by atoms with E-state index in [0.717, 1.165) is 6.20 Å². The van der Waals surface area contributed by atoms with Gasteiger partial charge in [0.25, 0.3) is 0 Å². The van der Waals surface area contributed by atoms with Crippen LogP contribution in [0.5, 0.6) is 0 Å². The maximum absolute atomic E-state index is 11.2. The highest BCUT2D eigenvalue weighted by Gasteiger charge is 2.42. The van der Waals surface area contributed by atoms with E-state index >= 15 is 0 Å². The smallest absolute Gasteiger partial charge is 0.203 e. The number of rotatable bonds is 4. The van der Waals surface area contributed by atoms with Crippen molar-refractivity contribution in [1.82, 2.24) is 0 Å². The summed E-state index contributed by atoms with van der Waals surface area (Å²) in [5, 5.41) is 24.9. The molecule has 0 aromatic carbocycles. The van der Waals surface area contributed by atoms with Gasteiger partial charge < -0.3 is 29.5 Å². The van der Waals surface area contributed by atoms with E-state index in [0.29, 0.717) is 17.5 Å². The summed E-state index contributed by atoms with van der Waals surface area (Å²) in [5.41, 5.74) is 0.496. The molecule has 1 atom stereocenters. The predicted molar refractivity (Wildman–Crippen MR) is 67.0 cm³/mol. The third-order valence-electron chi connectivity index (χ3n) is 3.42. The Morgan fingerprint density at radius 1 is 1.35 bits per heavy atom. The number of carboxylic acid groups (broad SMARTS) is 2. The summed E-state index contributed by atoms with van der Waals surface area (Å²) >= 11 is 6.45. The molecule has 0 saturated heterocycles. The largest absolute Gasteiger partial charge is 0.545 e. The minimum atomic E-state index is -1.47. The van der Waals surface area contributed by atoms with Crippen LogP contribution in [0.2, 0.25) is 0 Å². The first-order valence-corrected chi connectivity index (χ1v) is 6.49.